The highest BCUT2D eigenvalue weighted by molar-refractivity contribution is 5.89. The van der Waals surface area contributed by atoms with Crippen LogP contribution in [-0.2, 0) is 0 Å². The van der Waals surface area contributed by atoms with Crippen LogP contribution in [0.1, 0.15) is 10.6 Å². The number of carbonyl (C=O) groups excluding carboxylic acids is 1. The maximum Gasteiger partial charge on any atom is 0.284 e. The number of nitrogens with zero attached hydrogens (tertiary/aromatic N) is 1. The summed E-state index contributed by atoms with van der Waals surface area (Å²) in [6, 6.07) is 2.24. The molecule has 0 saturated heterocycles. The summed E-state index contributed by atoms with van der Waals surface area (Å²) in [4.78, 5) is 16.9. The minimum Gasteiger partial charge on any atom is -0.460 e. The van der Waals surface area contributed by atoms with E-state index < -0.39 is 30.2 Å². The quantitative estimate of drug-likeness (QED) is 0.889. The summed E-state index contributed by atoms with van der Waals surface area (Å²) in [5.74, 6) is -4.13. The molecule has 0 atom stereocenters. The van der Waals surface area contributed by atoms with E-state index in [4.69, 9.17) is 5.73 Å². The summed E-state index contributed by atoms with van der Waals surface area (Å²) in [5, 5.41) is 0. The first kappa shape index (κ1) is 12.9. The Bertz CT molecular complexity index is 628. The highest BCUT2D eigenvalue weighted by atomic mass is 19.2. The number of nitrogens with two attached hydrogens (primary N) is 1. The number of hydrogen-bond acceptors (Lipinski definition) is 3. The molecule has 1 amide bonds. The van der Waals surface area contributed by atoms with Crippen LogP contribution in [0.25, 0.3) is 11.3 Å². The predicted octanol–water partition coefficient (Wildman–Crippen LogP) is 1.76. The topological polar surface area (TPSA) is 81.0 Å². The molecule has 0 unspecified atom stereocenters. The molecule has 0 radical (unpaired) electrons. The number of aromatic amines is 1. The fourth-order valence-corrected chi connectivity index (χ4v) is 1.49. The Labute approximate surface area is 105 Å². The molecule has 1 heterocycles. The summed E-state index contributed by atoms with van der Waals surface area (Å²) in [6.45, 7) is -1.27. The number of halogens is 3. The average molecular weight is 271 g/mol. The van der Waals surface area contributed by atoms with Gasteiger partial charge >= 0.3 is 0 Å². The largest absolute Gasteiger partial charge is 0.460 e. The zero-order valence-electron chi connectivity index (χ0n) is 9.41. The highest BCUT2D eigenvalue weighted by Crippen LogP contribution is 2.28. The second-order valence-corrected chi connectivity index (χ2v) is 3.50. The van der Waals surface area contributed by atoms with E-state index in [1.54, 1.807) is 0 Å². The van der Waals surface area contributed by atoms with Gasteiger partial charge in [0.05, 0.1) is 11.9 Å². The minimum atomic E-state index is -1.33. The van der Waals surface area contributed by atoms with Crippen molar-refractivity contribution in [1.29, 1.82) is 0 Å². The number of carbonyl (C=O) groups is 1. The van der Waals surface area contributed by atoms with E-state index in [0.29, 0.717) is 0 Å². The van der Waals surface area contributed by atoms with Crippen LogP contribution in [0.3, 0.4) is 0 Å². The van der Waals surface area contributed by atoms with Crippen LogP contribution >= 0.6 is 0 Å². The van der Waals surface area contributed by atoms with E-state index in [9.17, 15) is 18.0 Å². The third-order valence-electron chi connectivity index (χ3n) is 2.36. The number of alkyl halides is 1. The fourth-order valence-electron chi connectivity index (χ4n) is 1.49. The van der Waals surface area contributed by atoms with Gasteiger partial charge < -0.3 is 15.5 Å². The van der Waals surface area contributed by atoms with Crippen LogP contribution in [0.2, 0.25) is 0 Å². The van der Waals surface area contributed by atoms with E-state index in [1.807, 2.05) is 0 Å². The lowest BCUT2D eigenvalue weighted by Gasteiger charge is -2.06. The molecule has 0 spiro atoms. The van der Waals surface area contributed by atoms with E-state index in [-0.39, 0.29) is 17.1 Å². The number of H-pyrrole nitrogens is 1. The molecule has 0 aliphatic carbocycles. The average Bonchev–Trinajstić information content (AvgIpc) is 2.85. The molecule has 8 heteroatoms. The smallest absolute Gasteiger partial charge is 0.284 e. The molecule has 1 aromatic heterocycles. The first-order valence-electron chi connectivity index (χ1n) is 5.06. The molecule has 2 aromatic rings. The van der Waals surface area contributed by atoms with Gasteiger partial charge in [0.15, 0.2) is 17.4 Å². The number of ether oxygens (including phenoxy) is 1. The molecular weight excluding hydrogens is 263 g/mol. The van der Waals surface area contributed by atoms with Gasteiger partial charge in [-0.25, -0.2) is 13.8 Å². The highest BCUT2D eigenvalue weighted by Gasteiger charge is 2.18. The zero-order chi connectivity index (χ0) is 14.0. The molecule has 0 fully saturated rings. The Balaban J connectivity index is 2.45. The maximum atomic E-state index is 13.7. The normalized spacial score (nSPS) is 10.5. The van der Waals surface area contributed by atoms with Gasteiger partial charge in [-0.3, -0.25) is 4.79 Å². The summed E-state index contributed by atoms with van der Waals surface area (Å²) in [5.41, 5.74) is 4.86. The van der Waals surface area contributed by atoms with Gasteiger partial charge in [-0.1, -0.05) is 0 Å². The molecule has 100 valence electrons. The van der Waals surface area contributed by atoms with Gasteiger partial charge in [-0.2, -0.15) is 4.39 Å². The Morgan fingerprint density at radius 1 is 1.37 bits per heavy atom. The van der Waals surface area contributed by atoms with Gasteiger partial charge in [-0.05, 0) is 12.1 Å². The first-order chi connectivity index (χ1) is 9.04. The van der Waals surface area contributed by atoms with E-state index in [2.05, 4.69) is 14.7 Å². The van der Waals surface area contributed by atoms with Crippen molar-refractivity contribution in [3.63, 3.8) is 0 Å². The number of amides is 1. The summed E-state index contributed by atoms with van der Waals surface area (Å²) < 4.78 is 43.4. The maximum absolute atomic E-state index is 13.7. The van der Waals surface area contributed by atoms with Gasteiger partial charge in [0.1, 0.15) is 0 Å². The van der Waals surface area contributed by atoms with Crippen molar-refractivity contribution < 1.29 is 22.7 Å². The van der Waals surface area contributed by atoms with Crippen molar-refractivity contribution in [2.75, 3.05) is 6.86 Å². The number of rotatable bonds is 4. The lowest BCUT2D eigenvalue weighted by Crippen LogP contribution is -2.12. The van der Waals surface area contributed by atoms with Crippen molar-refractivity contribution in [2.45, 2.75) is 0 Å². The number of aromatic nitrogens is 2. The monoisotopic (exact) mass is 271 g/mol. The Morgan fingerprint density at radius 3 is 2.68 bits per heavy atom. The Kier molecular flexibility index (Phi) is 3.41. The van der Waals surface area contributed by atoms with Crippen LogP contribution < -0.4 is 10.5 Å². The molecule has 0 bridgehead atoms. The lowest BCUT2D eigenvalue weighted by atomic mass is 10.1. The summed E-state index contributed by atoms with van der Waals surface area (Å²) >= 11 is 0. The predicted molar refractivity (Wildman–Crippen MR) is 59.1 cm³/mol. The SMILES string of the molecule is NC(=O)c1ncc(-c2ccc(OCF)c(F)c2F)[nH]1. The van der Waals surface area contributed by atoms with E-state index >= 15 is 0 Å². The summed E-state index contributed by atoms with van der Waals surface area (Å²) in [7, 11) is 0. The van der Waals surface area contributed by atoms with Crippen molar-refractivity contribution in [2.24, 2.45) is 5.73 Å². The molecule has 19 heavy (non-hydrogen) atoms. The molecule has 2 rings (SSSR count). The van der Waals surface area contributed by atoms with Crippen LogP contribution in [0, 0.1) is 11.6 Å². The third kappa shape index (κ3) is 2.37. The lowest BCUT2D eigenvalue weighted by molar-refractivity contribution is 0.0991. The molecule has 0 aliphatic heterocycles. The zero-order valence-corrected chi connectivity index (χ0v) is 9.41. The minimum absolute atomic E-state index is 0.0667. The van der Waals surface area contributed by atoms with Crippen molar-refractivity contribution in [3.8, 4) is 17.0 Å². The van der Waals surface area contributed by atoms with Crippen molar-refractivity contribution >= 4 is 5.91 Å². The van der Waals surface area contributed by atoms with Crippen LogP contribution in [0.4, 0.5) is 13.2 Å². The van der Waals surface area contributed by atoms with Crippen LogP contribution in [0.15, 0.2) is 18.3 Å². The standard InChI is InChI=1S/C11H8F3N3O2/c12-4-19-7-2-1-5(8(13)9(7)14)6-3-16-11(17-6)10(15)18/h1-3H,4H2,(H2,15,18)(H,16,17). The van der Waals surface area contributed by atoms with Gasteiger partial charge in [0, 0.05) is 5.56 Å². The van der Waals surface area contributed by atoms with E-state index in [0.717, 1.165) is 12.3 Å². The Hall–Kier alpha value is -2.51. The number of primary amides is 1. The number of imidazole rings is 1. The van der Waals surface area contributed by atoms with Crippen LogP contribution in [-0.4, -0.2) is 22.7 Å². The Morgan fingerprint density at radius 2 is 2.11 bits per heavy atom. The van der Waals surface area contributed by atoms with Crippen molar-refractivity contribution in [1.82, 2.24) is 9.97 Å². The molecule has 5 nitrogen and oxygen atoms in total. The van der Waals surface area contributed by atoms with Crippen molar-refractivity contribution in [3.05, 3.63) is 35.8 Å². The van der Waals surface area contributed by atoms with E-state index in [1.165, 1.54) is 6.07 Å². The molecule has 0 aliphatic rings. The van der Waals surface area contributed by atoms with Gasteiger partial charge in [0.2, 0.25) is 12.7 Å². The second-order valence-electron chi connectivity index (χ2n) is 3.50. The number of hydrogen-bond donors (Lipinski definition) is 2. The third-order valence-corrected chi connectivity index (χ3v) is 2.36. The summed E-state index contributed by atoms with van der Waals surface area (Å²) in [6.07, 6.45) is 1.13. The molecule has 3 N–H and O–H groups in total. The van der Waals surface area contributed by atoms with Gasteiger partial charge in [-0.15, -0.1) is 0 Å². The second kappa shape index (κ2) is 5.01. The molecule has 0 saturated carbocycles. The first-order valence-corrected chi connectivity index (χ1v) is 5.06. The van der Waals surface area contributed by atoms with Crippen LogP contribution in [0.5, 0.6) is 5.75 Å². The molecular formula is C11H8F3N3O2. The van der Waals surface area contributed by atoms with Gasteiger partial charge in [0.25, 0.3) is 5.91 Å². The number of benzene rings is 1. The fraction of sp³-hybridized carbons (Fsp3) is 0.0909. The number of nitrogens with one attached hydrogen (secondary N) is 1. The molecule has 1 aromatic carbocycles.